The van der Waals surface area contributed by atoms with Crippen molar-refractivity contribution in [3.05, 3.63) is 36.5 Å². The van der Waals surface area contributed by atoms with Crippen LogP contribution < -0.4 is 4.72 Å². The van der Waals surface area contributed by atoms with Gasteiger partial charge in [0.2, 0.25) is 0 Å². The Morgan fingerprint density at radius 1 is 1.11 bits per heavy atom. The maximum absolute atomic E-state index is 12.2. The Morgan fingerprint density at radius 3 is 2.37 bits per heavy atom. The number of aromatic nitrogens is 1. The molecule has 1 aromatic carbocycles. The van der Waals surface area contributed by atoms with E-state index < -0.39 is 15.5 Å². The predicted octanol–water partition coefficient (Wildman–Crippen LogP) is 2.49. The summed E-state index contributed by atoms with van der Waals surface area (Å²) in [6.07, 6.45) is 1.37. The molecule has 0 aliphatic rings. The molecule has 2 rings (SSSR count). The van der Waals surface area contributed by atoms with Crippen LogP contribution in [0.15, 0.2) is 36.5 Å². The fourth-order valence-electron chi connectivity index (χ4n) is 1.39. The van der Waals surface area contributed by atoms with Gasteiger partial charge in [0.25, 0.3) is 0 Å². The van der Waals surface area contributed by atoms with Gasteiger partial charge in [-0.1, -0.05) is 18.2 Å². The van der Waals surface area contributed by atoms with E-state index in [0.29, 0.717) is 5.39 Å². The zero-order valence-corrected chi connectivity index (χ0v) is 13.3. The van der Waals surface area contributed by atoms with Crippen LogP contribution in [0.25, 0.3) is 10.9 Å². The number of nitrogens with one attached hydrogen (secondary N) is 1. The van der Waals surface area contributed by atoms with Gasteiger partial charge in [-0.25, -0.2) is 0 Å². The van der Waals surface area contributed by atoms with Crippen LogP contribution in [-0.4, -0.2) is 18.9 Å². The van der Waals surface area contributed by atoms with Gasteiger partial charge in [-0.2, -0.15) is 21.6 Å². The Kier molecular flexibility index (Phi) is 4.52. The molecular weight excluding hydrogens is 335 g/mol. The minimum atomic E-state index is -5.43. The van der Waals surface area contributed by atoms with E-state index in [0.717, 1.165) is 0 Å². The van der Waals surface area contributed by atoms with Crippen molar-refractivity contribution in [2.45, 2.75) is 5.51 Å². The summed E-state index contributed by atoms with van der Waals surface area (Å²) in [7, 11) is -5.43. The van der Waals surface area contributed by atoms with Crippen molar-refractivity contribution in [1.29, 1.82) is 0 Å². The monoisotopic (exact) mass is 340 g/mol. The molecule has 0 aliphatic heterocycles. The molecular formula is C10H7F3N2O2SZn. The summed E-state index contributed by atoms with van der Waals surface area (Å²) in [4.78, 5) is 3.85. The quantitative estimate of drug-likeness (QED) is 0.854. The summed E-state index contributed by atoms with van der Waals surface area (Å²) in [5.74, 6) is 0. The fourth-order valence-corrected chi connectivity index (χ4v) is 1.96. The van der Waals surface area contributed by atoms with Crippen LogP contribution >= 0.6 is 0 Å². The second-order valence-electron chi connectivity index (χ2n) is 3.43. The molecule has 1 aromatic heterocycles. The second kappa shape index (κ2) is 5.42. The number of nitrogens with zero attached hydrogens (tertiary/aromatic N) is 1. The van der Waals surface area contributed by atoms with Gasteiger partial charge in [0.1, 0.15) is 0 Å². The average Bonchev–Trinajstić information content (AvgIpc) is 2.27. The maximum atomic E-state index is 12.2. The third-order valence-corrected chi connectivity index (χ3v) is 3.28. The first-order valence-electron chi connectivity index (χ1n) is 4.74. The van der Waals surface area contributed by atoms with Gasteiger partial charge in [0.05, 0.1) is 11.2 Å². The largest absolute Gasteiger partial charge is 0.516 e. The number of anilines is 1. The van der Waals surface area contributed by atoms with E-state index in [-0.39, 0.29) is 30.7 Å². The Hall–Kier alpha value is -1.21. The van der Waals surface area contributed by atoms with Crippen molar-refractivity contribution in [1.82, 2.24) is 4.98 Å². The Bertz CT molecular complexity index is 683. The first-order valence-corrected chi connectivity index (χ1v) is 6.22. The van der Waals surface area contributed by atoms with E-state index in [2.05, 4.69) is 4.98 Å². The first-order chi connectivity index (χ1) is 8.31. The van der Waals surface area contributed by atoms with E-state index in [9.17, 15) is 21.6 Å². The standard InChI is InChI=1S/C10H7F3N2O2S.Zn/c11-10(12,13)18(16,17)15-8-5-1-3-7-4-2-6-14-9(7)8;/h1-6,15H;. The maximum Gasteiger partial charge on any atom is 0.516 e. The van der Waals surface area contributed by atoms with Crippen LogP contribution in [0, 0.1) is 0 Å². The summed E-state index contributed by atoms with van der Waals surface area (Å²) < 4.78 is 60.2. The summed E-state index contributed by atoms with van der Waals surface area (Å²) >= 11 is 0. The molecule has 0 amide bonds. The number of rotatable bonds is 2. The minimum Gasteiger partial charge on any atom is -0.274 e. The average molecular weight is 342 g/mol. The van der Waals surface area contributed by atoms with Gasteiger partial charge in [-0.05, 0) is 12.1 Å². The molecule has 98 valence electrons. The smallest absolute Gasteiger partial charge is 0.274 e. The van der Waals surface area contributed by atoms with E-state index in [4.69, 9.17) is 0 Å². The van der Waals surface area contributed by atoms with Crippen molar-refractivity contribution in [3.8, 4) is 0 Å². The number of alkyl halides is 3. The van der Waals surface area contributed by atoms with E-state index in [1.807, 2.05) is 0 Å². The number of fused-ring (bicyclic) bond motifs is 1. The van der Waals surface area contributed by atoms with Crippen molar-refractivity contribution in [2.24, 2.45) is 0 Å². The van der Waals surface area contributed by atoms with Gasteiger partial charge >= 0.3 is 15.5 Å². The Labute approximate surface area is 119 Å². The van der Waals surface area contributed by atoms with Crippen LogP contribution in [0.3, 0.4) is 0 Å². The van der Waals surface area contributed by atoms with Crippen LogP contribution in [0.5, 0.6) is 0 Å². The third-order valence-electron chi connectivity index (χ3n) is 2.18. The molecule has 0 aliphatic carbocycles. The molecule has 19 heavy (non-hydrogen) atoms. The van der Waals surface area contributed by atoms with Gasteiger partial charge in [0, 0.05) is 31.1 Å². The molecule has 0 fully saturated rings. The van der Waals surface area contributed by atoms with Crippen molar-refractivity contribution < 1.29 is 41.1 Å². The molecule has 1 heterocycles. The molecule has 2 aromatic rings. The fraction of sp³-hybridized carbons (Fsp3) is 0.100. The topological polar surface area (TPSA) is 59.1 Å². The molecule has 4 nitrogen and oxygen atoms in total. The van der Waals surface area contributed by atoms with Crippen molar-refractivity contribution in [3.63, 3.8) is 0 Å². The number of para-hydroxylation sites is 1. The van der Waals surface area contributed by atoms with E-state index in [1.165, 1.54) is 23.1 Å². The predicted molar refractivity (Wildman–Crippen MR) is 60.3 cm³/mol. The molecule has 0 saturated carbocycles. The summed E-state index contributed by atoms with van der Waals surface area (Å²) in [5.41, 5.74) is -5.40. The number of benzene rings is 1. The minimum absolute atomic E-state index is 0. The molecule has 0 unspecified atom stereocenters. The molecule has 0 radical (unpaired) electrons. The molecule has 0 saturated heterocycles. The number of sulfonamides is 1. The van der Waals surface area contributed by atoms with Gasteiger partial charge < -0.3 is 0 Å². The summed E-state index contributed by atoms with van der Waals surface area (Å²) in [5, 5.41) is 0.542. The zero-order valence-electron chi connectivity index (χ0n) is 9.48. The van der Waals surface area contributed by atoms with Crippen LogP contribution in [0.4, 0.5) is 18.9 Å². The first kappa shape index (κ1) is 15.8. The van der Waals surface area contributed by atoms with Gasteiger partial charge in [0.15, 0.2) is 0 Å². The normalized spacial score (nSPS) is 11.9. The molecule has 0 spiro atoms. The molecule has 0 bridgehead atoms. The van der Waals surface area contributed by atoms with E-state index >= 15 is 0 Å². The Balaban J connectivity index is 0.00000180. The molecule has 9 heteroatoms. The number of hydrogen-bond acceptors (Lipinski definition) is 3. The van der Waals surface area contributed by atoms with E-state index in [1.54, 1.807) is 18.2 Å². The SMILES string of the molecule is O=S(=O)(Nc1cccc2cccnc12)C(F)(F)F.[Zn]. The number of pyridine rings is 1. The third kappa shape index (κ3) is 3.22. The molecule has 0 atom stereocenters. The number of halogens is 3. The van der Waals surface area contributed by atoms with Crippen molar-refractivity contribution in [2.75, 3.05) is 4.72 Å². The Morgan fingerprint density at radius 2 is 1.74 bits per heavy atom. The summed E-state index contributed by atoms with van der Waals surface area (Å²) in [6, 6.07) is 7.50. The van der Waals surface area contributed by atoms with Crippen LogP contribution in [0.1, 0.15) is 0 Å². The van der Waals surface area contributed by atoms with Crippen molar-refractivity contribution >= 4 is 26.6 Å². The zero-order chi connectivity index (χ0) is 13.4. The number of hydrogen-bond donors (Lipinski definition) is 1. The van der Waals surface area contributed by atoms with Crippen LogP contribution in [0.2, 0.25) is 0 Å². The van der Waals surface area contributed by atoms with Crippen LogP contribution in [-0.2, 0) is 29.5 Å². The second-order valence-corrected chi connectivity index (χ2v) is 5.11. The van der Waals surface area contributed by atoms with Gasteiger partial charge in [-0.3, -0.25) is 9.71 Å². The molecule has 1 N–H and O–H groups in total. The summed E-state index contributed by atoms with van der Waals surface area (Å²) in [6.45, 7) is 0. The van der Waals surface area contributed by atoms with Gasteiger partial charge in [-0.15, -0.1) is 0 Å².